The summed E-state index contributed by atoms with van der Waals surface area (Å²) in [6, 6.07) is 21.4. The number of fused-ring (bicyclic) bond motifs is 1. The lowest BCUT2D eigenvalue weighted by Gasteiger charge is -2.07. The van der Waals surface area contributed by atoms with Gasteiger partial charge in [0.05, 0.1) is 5.52 Å². The molecule has 26 heavy (non-hydrogen) atoms. The van der Waals surface area contributed by atoms with Crippen molar-refractivity contribution in [1.82, 2.24) is 19.7 Å². The topological polar surface area (TPSA) is 72.7 Å². The van der Waals surface area contributed by atoms with E-state index in [9.17, 15) is 4.79 Å². The standard InChI is InChI=1S/C20H17N5O/c26-20(23-18-11-10-15-6-4-5-9-17(15)22-18)13-12-19-24-21-14-25(19)16-7-2-1-3-8-16/h1-11,14H,12-13H2,(H,22,23,26). The molecule has 1 amide bonds. The number of carbonyl (C=O) groups is 1. The molecule has 4 aromatic rings. The molecule has 0 atom stereocenters. The summed E-state index contributed by atoms with van der Waals surface area (Å²) in [5.41, 5.74) is 1.83. The molecule has 6 nitrogen and oxygen atoms in total. The fraction of sp³-hybridized carbons (Fsp3) is 0.100. The van der Waals surface area contributed by atoms with E-state index < -0.39 is 0 Å². The molecule has 0 spiro atoms. The van der Waals surface area contributed by atoms with Crippen LogP contribution in [0.15, 0.2) is 73.1 Å². The first-order valence-electron chi connectivity index (χ1n) is 8.39. The molecule has 2 aromatic carbocycles. The molecule has 4 rings (SSSR count). The van der Waals surface area contributed by atoms with Crippen LogP contribution in [0.5, 0.6) is 0 Å². The summed E-state index contributed by atoms with van der Waals surface area (Å²) in [6.45, 7) is 0. The Morgan fingerprint density at radius 2 is 1.77 bits per heavy atom. The highest BCUT2D eigenvalue weighted by molar-refractivity contribution is 5.91. The molecule has 6 heteroatoms. The summed E-state index contributed by atoms with van der Waals surface area (Å²) < 4.78 is 1.89. The van der Waals surface area contributed by atoms with Gasteiger partial charge in [-0.25, -0.2) is 4.98 Å². The van der Waals surface area contributed by atoms with Crippen LogP contribution in [-0.2, 0) is 11.2 Å². The molecule has 0 aliphatic carbocycles. The molecule has 2 aromatic heterocycles. The highest BCUT2D eigenvalue weighted by Gasteiger charge is 2.10. The molecule has 0 fully saturated rings. The molecular formula is C20H17N5O. The molecule has 1 N–H and O–H groups in total. The summed E-state index contributed by atoms with van der Waals surface area (Å²) in [4.78, 5) is 16.7. The number of amides is 1. The molecule has 128 valence electrons. The van der Waals surface area contributed by atoms with Crippen LogP contribution in [0.2, 0.25) is 0 Å². The third-order valence-electron chi connectivity index (χ3n) is 4.09. The summed E-state index contributed by atoms with van der Waals surface area (Å²) >= 11 is 0. The molecule has 0 saturated heterocycles. The lowest BCUT2D eigenvalue weighted by molar-refractivity contribution is -0.116. The van der Waals surface area contributed by atoms with Gasteiger partial charge in [-0.1, -0.05) is 36.4 Å². The van der Waals surface area contributed by atoms with Crippen molar-refractivity contribution in [2.45, 2.75) is 12.8 Å². The fourth-order valence-electron chi connectivity index (χ4n) is 2.80. The van der Waals surface area contributed by atoms with Gasteiger partial charge in [-0.15, -0.1) is 10.2 Å². The van der Waals surface area contributed by atoms with E-state index in [-0.39, 0.29) is 5.91 Å². The second-order valence-corrected chi connectivity index (χ2v) is 5.89. The SMILES string of the molecule is O=C(CCc1nncn1-c1ccccc1)Nc1ccc2ccccc2n1. The molecule has 0 aliphatic rings. The van der Waals surface area contributed by atoms with E-state index in [4.69, 9.17) is 0 Å². The fourth-order valence-corrected chi connectivity index (χ4v) is 2.80. The summed E-state index contributed by atoms with van der Waals surface area (Å²) in [5, 5.41) is 12.0. The number of hydrogen-bond acceptors (Lipinski definition) is 4. The van der Waals surface area contributed by atoms with Gasteiger partial charge in [-0.2, -0.15) is 0 Å². The van der Waals surface area contributed by atoms with Crippen molar-refractivity contribution < 1.29 is 4.79 Å². The van der Waals surface area contributed by atoms with Gasteiger partial charge in [0.1, 0.15) is 18.0 Å². The van der Waals surface area contributed by atoms with Crippen LogP contribution in [0.4, 0.5) is 5.82 Å². The number of hydrogen-bond donors (Lipinski definition) is 1. The Balaban J connectivity index is 1.42. The van der Waals surface area contributed by atoms with Crippen molar-refractivity contribution in [3.63, 3.8) is 0 Å². The van der Waals surface area contributed by atoms with Crippen LogP contribution in [-0.4, -0.2) is 25.7 Å². The number of aryl methyl sites for hydroxylation is 1. The summed E-state index contributed by atoms with van der Waals surface area (Å²) in [7, 11) is 0. The van der Waals surface area contributed by atoms with E-state index in [0.29, 0.717) is 18.7 Å². The third-order valence-corrected chi connectivity index (χ3v) is 4.09. The zero-order chi connectivity index (χ0) is 17.8. The Morgan fingerprint density at radius 3 is 2.65 bits per heavy atom. The Bertz CT molecular complexity index is 1040. The minimum absolute atomic E-state index is 0.101. The first-order chi connectivity index (χ1) is 12.8. The Morgan fingerprint density at radius 1 is 0.962 bits per heavy atom. The Labute approximate surface area is 150 Å². The van der Waals surface area contributed by atoms with Gasteiger partial charge in [0.25, 0.3) is 0 Å². The van der Waals surface area contributed by atoms with E-state index in [1.165, 1.54) is 0 Å². The third kappa shape index (κ3) is 3.44. The lowest BCUT2D eigenvalue weighted by atomic mass is 10.2. The van der Waals surface area contributed by atoms with Crippen molar-refractivity contribution in [2.24, 2.45) is 0 Å². The van der Waals surface area contributed by atoms with Crippen molar-refractivity contribution in [3.05, 3.63) is 78.9 Å². The smallest absolute Gasteiger partial charge is 0.225 e. The normalized spacial score (nSPS) is 10.8. The molecule has 0 bridgehead atoms. The van der Waals surface area contributed by atoms with Crippen LogP contribution in [0.1, 0.15) is 12.2 Å². The maximum absolute atomic E-state index is 12.3. The van der Waals surface area contributed by atoms with Crippen molar-refractivity contribution in [1.29, 1.82) is 0 Å². The van der Waals surface area contributed by atoms with Crippen LogP contribution in [0, 0.1) is 0 Å². The number of pyridine rings is 1. The van der Waals surface area contributed by atoms with E-state index in [1.807, 2.05) is 71.3 Å². The quantitative estimate of drug-likeness (QED) is 0.603. The summed E-state index contributed by atoms with van der Waals surface area (Å²) in [5.74, 6) is 1.20. The van der Waals surface area contributed by atoms with Crippen molar-refractivity contribution in [3.8, 4) is 5.69 Å². The maximum Gasteiger partial charge on any atom is 0.225 e. The molecular weight excluding hydrogens is 326 g/mol. The number of para-hydroxylation sites is 2. The monoisotopic (exact) mass is 343 g/mol. The first-order valence-corrected chi connectivity index (χ1v) is 8.39. The predicted molar refractivity (Wildman–Crippen MR) is 100 cm³/mol. The van der Waals surface area contributed by atoms with E-state index >= 15 is 0 Å². The van der Waals surface area contributed by atoms with Gasteiger partial charge < -0.3 is 5.32 Å². The number of anilines is 1. The van der Waals surface area contributed by atoms with Crippen molar-refractivity contribution >= 4 is 22.6 Å². The van der Waals surface area contributed by atoms with Gasteiger partial charge in [-0.3, -0.25) is 9.36 Å². The van der Waals surface area contributed by atoms with Gasteiger partial charge >= 0.3 is 0 Å². The highest BCUT2D eigenvalue weighted by Crippen LogP contribution is 2.15. The zero-order valence-electron chi connectivity index (χ0n) is 14.0. The number of nitrogens with one attached hydrogen (secondary N) is 1. The van der Waals surface area contributed by atoms with Gasteiger partial charge in [0, 0.05) is 23.9 Å². The number of aromatic nitrogens is 4. The molecule has 0 unspecified atom stereocenters. The Hall–Kier alpha value is -3.54. The van der Waals surface area contributed by atoms with Gasteiger partial charge in [-0.05, 0) is 30.3 Å². The number of rotatable bonds is 5. The first kappa shape index (κ1) is 16.0. The van der Waals surface area contributed by atoms with E-state index in [0.717, 1.165) is 22.4 Å². The predicted octanol–water partition coefficient (Wildman–Crippen LogP) is 3.39. The second kappa shape index (κ2) is 7.14. The molecule has 2 heterocycles. The highest BCUT2D eigenvalue weighted by atomic mass is 16.1. The summed E-state index contributed by atoms with van der Waals surface area (Å²) in [6.07, 6.45) is 2.46. The van der Waals surface area contributed by atoms with Gasteiger partial charge in [0.2, 0.25) is 5.91 Å². The van der Waals surface area contributed by atoms with E-state index in [1.54, 1.807) is 6.33 Å². The average Bonchev–Trinajstić information content (AvgIpc) is 3.16. The second-order valence-electron chi connectivity index (χ2n) is 5.89. The zero-order valence-corrected chi connectivity index (χ0v) is 14.0. The molecule has 0 saturated carbocycles. The van der Waals surface area contributed by atoms with E-state index in [2.05, 4.69) is 20.5 Å². The number of carbonyl (C=O) groups excluding carboxylic acids is 1. The maximum atomic E-state index is 12.3. The van der Waals surface area contributed by atoms with Crippen LogP contribution in [0.3, 0.4) is 0 Å². The molecule has 0 aliphatic heterocycles. The lowest BCUT2D eigenvalue weighted by Crippen LogP contribution is -2.14. The largest absolute Gasteiger partial charge is 0.311 e. The minimum atomic E-state index is -0.101. The minimum Gasteiger partial charge on any atom is -0.311 e. The molecule has 0 radical (unpaired) electrons. The number of benzene rings is 2. The van der Waals surface area contributed by atoms with Gasteiger partial charge in [0.15, 0.2) is 0 Å². The van der Waals surface area contributed by atoms with Crippen molar-refractivity contribution in [2.75, 3.05) is 5.32 Å². The number of nitrogens with zero attached hydrogens (tertiary/aromatic N) is 4. The van der Waals surface area contributed by atoms with Crippen LogP contribution in [0.25, 0.3) is 16.6 Å². The van der Waals surface area contributed by atoms with Crippen LogP contribution < -0.4 is 5.32 Å². The average molecular weight is 343 g/mol. The Kier molecular flexibility index (Phi) is 4.38. The van der Waals surface area contributed by atoms with Crippen LogP contribution >= 0.6 is 0 Å².